The number of hydrogen-bond donors (Lipinski definition) is 0. The van der Waals surface area contributed by atoms with Gasteiger partial charge in [-0.05, 0) is 37.1 Å². The highest BCUT2D eigenvalue weighted by atomic mass is 35.5. The molecule has 0 N–H and O–H groups in total. The van der Waals surface area contributed by atoms with Gasteiger partial charge in [0.2, 0.25) is 0 Å². The second-order valence-electron chi connectivity index (χ2n) is 5.25. The number of rotatable bonds is 2. The molecule has 0 unspecified atom stereocenters. The standard InChI is InChI=1S/C15H18ClNO3/c16-13-3-1-11(2-4-13)14(18)17-7-5-12(6-8-17)15-19-9-10-20-15/h1-4,12,15H,5-10H2. The van der Waals surface area contributed by atoms with Gasteiger partial charge in [-0.3, -0.25) is 4.79 Å². The fraction of sp³-hybridized carbons (Fsp3) is 0.533. The van der Waals surface area contributed by atoms with E-state index in [9.17, 15) is 4.79 Å². The Labute approximate surface area is 123 Å². The van der Waals surface area contributed by atoms with Gasteiger partial charge < -0.3 is 14.4 Å². The zero-order chi connectivity index (χ0) is 13.9. The lowest BCUT2D eigenvalue weighted by Gasteiger charge is -2.33. The molecule has 2 saturated heterocycles. The van der Waals surface area contributed by atoms with Crippen LogP contribution < -0.4 is 0 Å². The Hall–Kier alpha value is -1.10. The Morgan fingerprint density at radius 2 is 1.70 bits per heavy atom. The number of amides is 1. The molecule has 0 aromatic heterocycles. The van der Waals surface area contributed by atoms with Crippen molar-refractivity contribution in [3.05, 3.63) is 34.9 Å². The van der Waals surface area contributed by atoms with Crippen molar-refractivity contribution in [2.75, 3.05) is 26.3 Å². The summed E-state index contributed by atoms with van der Waals surface area (Å²) < 4.78 is 11.1. The lowest BCUT2D eigenvalue weighted by Crippen LogP contribution is -2.41. The van der Waals surface area contributed by atoms with Crippen LogP contribution in [0.4, 0.5) is 0 Å². The molecule has 2 heterocycles. The van der Waals surface area contributed by atoms with E-state index in [-0.39, 0.29) is 12.2 Å². The Kier molecular flexibility index (Phi) is 4.24. The van der Waals surface area contributed by atoms with Crippen molar-refractivity contribution in [2.24, 2.45) is 5.92 Å². The molecule has 2 fully saturated rings. The summed E-state index contributed by atoms with van der Waals surface area (Å²) in [5.74, 6) is 0.486. The van der Waals surface area contributed by atoms with Gasteiger partial charge in [-0.1, -0.05) is 11.6 Å². The lowest BCUT2D eigenvalue weighted by atomic mass is 9.95. The molecule has 1 aromatic carbocycles. The van der Waals surface area contributed by atoms with E-state index in [4.69, 9.17) is 21.1 Å². The van der Waals surface area contributed by atoms with E-state index in [1.807, 2.05) is 4.90 Å². The molecule has 2 aliphatic rings. The third kappa shape index (κ3) is 2.97. The molecule has 108 valence electrons. The highest BCUT2D eigenvalue weighted by Gasteiger charge is 2.31. The number of likely N-dealkylation sites (tertiary alicyclic amines) is 1. The first-order valence-corrected chi connectivity index (χ1v) is 7.40. The highest BCUT2D eigenvalue weighted by Crippen LogP contribution is 2.26. The van der Waals surface area contributed by atoms with Crippen LogP contribution in [-0.4, -0.2) is 43.4 Å². The van der Waals surface area contributed by atoms with Gasteiger partial charge in [0, 0.05) is 29.6 Å². The van der Waals surface area contributed by atoms with Crippen molar-refractivity contribution < 1.29 is 14.3 Å². The van der Waals surface area contributed by atoms with Gasteiger partial charge in [-0.25, -0.2) is 0 Å². The van der Waals surface area contributed by atoms with Crippen molar-refractivity contribution in [1.29, 1.82) is 0 Å². The normalized spacial score (nSPS) is 21.4. The van der Waals surface area contributed by atoms with E-state index in [1.165, 1.54) is 0 Å². The molecule has 0 spiro atoms. The number of hydrogen-bond acceptors (Lipinski definition) is 3. The van der Waals surface area contributed by atoms with E-state index < -0.39 is 0 Å². The predicted octanol–water partition coefficient (Wildman–Crippen LogP) is 2.57. The SMILES string of the molecule is O=C(c1ccc(Cl)cc1)N1CCC(C2OCCO2)CC1. The maximum atomic E-state index is 12.4. The Morgan fingerprint density at radius 1 is 1.10 bits per heavy atom. The second kappa shape index (κ2) is 6.12. The largest absolute Gasteiger partial charge is 0.350 e. The fourth-order valence-corrected chi connectivity index (χ4v) is 2.92. The Morgan fingerprint density at radius 3 is 2.30 bits per heavy atom. The average Bonchev–Trinajstić information content (AvgIpc) is 3.02. The highest BCUT2D eigenvalue weighted by molar-refractivity contribution is 6.30. The van der Waals surface area contributed by atoms with Crippen molar-refractivity contribution in [2.45, 2.75) is 19.1 Å². The van der Waals surface area contributed by atoms with Gasteiger partial charge in [-0.2, -0.15) is 0 Å². The molecule has 0 atom stereocenters. The molecule has 5 heteroatoms. The minimum atomic E-state index is -0.0669. The van der Waals surface area contributed by atoms with E-state index in [1.54, 1.807) is 24.3 Å². The minimum absolute atomic E-state index is 0.0669. The number of halogens is 1. The van der Waals surface area contributed by atoms with Crippen LogP contribution in [0.5, 0.6) is 0 Å². The van der Waals surface area contributed by atoms with Crippen LogP contribution in [0.3, 0.4) is 0 Å². The summed E-state index contributed by atoms with van der Waals surface area (Å²) in [5, 5.41) is 0.649. The maximum absolute atomic E-state index is 12.4. The first-order valence-electron chi connectivity index (χ1n) is 7.02. The van der Waals surface area contributed by atoms with Gasteiger partial charge in [0.15, 0.2) is 6.29 Å². The first kappa shape index (κ1) is 13.9. The molecule has 3 rings (SSSR count). The van der Waals surface area contributed by atoms with Gasteiger partial charge in [0.1, 0.15) is 0 Å². The zero-order valence-electron chi connectivity index (χ0n) is 11.3. The van der Waals surface area contributed by atoms with Crippen LogP contribution in [-0.2, 0) is 9.47 Å². The second-order valence-corrected chi connectivity index (χ2v) is 5.68. The van der Waals surface area contributed by atoms with Gasteiger partial charge >= 0.3 is 0 Å². The smallest absolute Gasteiger partial charge is 0.253 e. The van der Waals surface area contributed by atoms with E-state index in [2.05, 4.69) is 0 Å². The number of carbonyl (C=O) groups is 1. The van der Waals surface area contributed by atoms with Gasteiger partial charge in [0.05, 0.1) is 13.2 Å². The Balaban J connectivity index is 1.57. The molecule has 0 bridgehead atoms. The molecule has 0 saturated carbocycles. The van der Waals surface area contributed by atoms with Gasteiger partial charge in [0.25, 0.3) is 5.91 Å². The zero-order valence-corrected chi connectivity index (χ0v) is 12.0. The number of nitrogens with zero attached hydrogens (tertiary/aromatic N) is 1. The summed E-state index contributed by atoms with van der Waals surface area (Å²) in [7, 11) is 0. The van der Waals surface area contributed by atoms with Crippen LogP contribution in [0.1, 0.15) is 23.2 Å². The Bertz CT molecular complexity index is 463. The van der Waals surface area contributed by atoms with Gasteiger partial charge in [-0.15, -0.1) is 0 Å². The monoisotopic (exact) mass is 295 g/mol. The number of piperidine rings is 1. The van der Waals surface area contributed by atoms with Crippen molar-refractivity contribution in [3.8, 4) is 0 Å². The maximum Gasteiger partial charge on any atom is 0.253 e. The van der Waals surface area contributed by atoms with Crippen LogP contribution in [0.15, 0.2) is 24.3 Å². The lowest BCUT2D eigenvalue weighted by molar-refractivity contribution is -0.0956. The van der Waals surface area contributed by atoms with Crippen LogP contribution in [0.25, 0.3) is 0 Å². The summed E-state index contributed by atoms with van der Waals surface area (Å²) in [6, 6.07) is 7.06. The quantitative estimate of drug-likeness (QED) is 0.842. The molecule has 2 aliphatic heterocycles. The summed E-state index contributed by atoms with van der Waals surface area (Å²) in [4.78, 5) is 14.3. The molecule has 1 aromatic rings. The number of carbonyl (C=O) groups excluding carboxylic acids is 1. The molecular formula is C15H18ClNO3. The topological polar surface area (TPSA) is 38.8 Å². The molecule has 1 amide bonds. The van der Waals surface area contributed by atoms with E-state index in [0.29, 0.717) is 29.7 Å². The van der Waals surface area contributed by atoms with Crippen LogP contribution >= 0.6 is 11.6 Å². The van der Waals surface area contributed by atoms with Crippen molar-refractivity contribution >= 4 is 17.5 Å². The average molecular weight is 296 g/mol. The minimum Gasteiger partial charge on any atom is -0.350 e. The first-order chi connectivity index (χ1) is 9.74. The summed E-state index contributed by atoms with van der Waals surface area (Å²) in [6.07, 6.45) is 1.80. The molecule has 4 nitrogen and oxygen atoms in total. The molecule has 0 aliphatic carbocycles. The van der Waals surface area contributed by atoms with E-state index in [0.717, 1.165) is 25.9 Å². The summed E-state index contributed by atoms with van der Waals surface area (Å²) in [5.41, 5.74) is 0.696. The van der Waals surface area contributed by atoms with Crippen molar-refractivity contribution in [3.63, 3.8) is 0 Å². The third-order valence-electron chi connectivity index (χ3n) is 3.95. The summed E-state index contributed by atoms with van der Waals surface area (Å²) >= 11 is 5.84. The molecule has 20 heavy (non-hydrogen) atoms. The fourth-order valence-electron chi connectivity index (χ4n) is 2.80. The van der Waals surface area contributed by atoms with Crippen LogP contribution in [0.2, 0.25) is 5.02 Å². The number of ether oxygens (including phenoxy) is 2. The van der Waals surface area contributed by atoms with E-state index >= 15 is 0 Å². The number of benzene rings is 1. The predicted molar refractivity (Wildman–Crippen MR) is 75.8 cm³/mol. The van der Waals surface area contributed by atoms with Crippen molar-refractivity contribution in [1.82, 2.24) is 4.90 Å². The third-order valence-corrected chi connectivity index (χ3v) is 4.20. The molecular weight excluding hydrogens is 278 g/mol. The molecule has 0 radical (unpaired) electrons. The van der Waals surface area contributed by atoms with Crippen LogP contribution in [0, 0.1) is 5.92 Å². The summed E-state index contributed by atoms with van der Waals surface area (Å²) in [6.45, 7) is 2.90.